The monoisotopic (exact) mass is 156 g/mol. The average Bonchev–Trinajstić information content (AvgIpc) is 2.45. The number of nitrogens with one attached hydrogen (secondary N) is 2. The third kappa shape index (κ3) is 1.41. The maximum Gasteiger partial charge on any atom is 0.0665 e. The molecule has 3 N–H and O–H groups in total. The molecule has 2 fully saturated rings. The molecule has 2 unspecified atom stereocenters. The molecule has 2 rings (SSSR count). The molecule has 0 saturated carbocycles. The third-order valence-electron chi connectivity index (χ3n) is 2.91. The fourth-order valence-corrected chi connectivity index (χ4v) is 2.08. The summed E-state index contributed by atoms with van der Waals surface area (Å²) in [5.41, 5.74) is 0.333. The third-order valence-corrected chi connectivity index (χ3v) is 2.91. The Kier molecular flexibility index (Phi) is 1.87. The van der Waals surface area contributed by atoms with Gasteiger partial charge in [-0.2, -0.15) is 0 Å². The number of hydrogen-bond acceptors (Lipinski definition) is 3. The summed E-state index contributed by atoms with van der Waals surface area (Å²) in [5.74, 6) is 0. The van der Waals surface area contributed by atoms with Gasteiger partial charge < -0.3 is 15.7 Å². The number of aliphatic hydroxyl groups excluding tert-OH is 1. The molecule has 1 spiro atoms. The SMILES string of the molecule is OC1CCC2(CCNC2)NC1. The summed E-state index contributed by atoms with van der Waals surface area (Å²) >= 11 is 0. The number of piperidine rings is 1. The zero-order chi connectivity index (χ0) is 7.73. The van der Waals surface area contributed by atoms with Crippen molar-refractivity contribution in [2.24, 2.45) is 0 Å². The van der Waals surface area contributed by atoms with Crippen LogP contribution in [-0.2, 0) is 0 Å². The normalized spacial score (nSPS) is 45.0. The predicted octanol–water partition coefficient (Wildman–Crippen LogP) is -0.537. The quantitative estimate of drug-likeness (QED) is 0.441. The van der Waals surface area contributed by atoms with Crippen LogP contribution in [0.4, 0.5) is 0 Å². The molecule has 2 saturated heterocycles. The Balaban J connectivity index is 1.94. The fraction of sp³-hybridized carbons (Fsp3) is 1.00. The molecule has 2 atom stereocenters. The Bertz CT molecular complexity index is 133. The smallest absolute Gasteiger partial charge is 0.0665 e. The van der Waals surface area contributed by atoms with Crippen molar-refractivity contribution in [1.29, 1.82) is 0 Å². The van der Waals surface area contributed by atoms with Crippen LogP contribution in [-0.4, -0.2) is 36.4 Å². The minimum absolute atomic E-state index is 0.110. The number of β-amino-alcohol motifs (C(OH)–C–C–N with tert-alkyl or cyclic N) is 1. The summed E-state index contributed by atoms with van der Waals surface area (Å²) < 4.78 is 0. The first-order valence-electron chi connectivity index (χ1n) is 4.45. The second kappa shape index (κ2) is 2.73. The van der Waals surface area contributed by atoms with Crippen molar-refractivity contribution in [2.75, 3.05) is 19.6 Å². The molecule has 3 heteroatoms. The molecule has 2 aliphatic rings. The first-order valence-corrected chi connectivity index (χ1v) is 4.45. The maximum atomic E-state index is 9.27. The Morgan fingerprint density at radius 1 is 1.36 bits per heavy atom. The average molecular weight is 156 g/mol. The highest BCUT2D eigenvalue weighted by molar-refractivity contribution is 4.99. The molecule has 2 aliphatic heterocycles. The van der Waals surface area contributed by atoms with E-state index in [1.807, 2.05) is 0 Å². The van der Waals surface area contributed by atoms with E-state index in [1.165, 1.54) is 6.42 Å². The van der Waals surface area contributed by atoms with E-state index in [4.69, 9.17) is 0 Å². The summed E-state index contributed by atoms with van der Waals surface area (Å²) in [6.45, 7) is 2.99. The standard InChI is InChI=1S/C8H16N2O/c11-7-1-2-8(10-5-7)3-4-9-6-8/h7,9-11H,1-6H2. The predicted molar refractivity (Wildman–Crippen MR) is 43.5 cm³/mol. The number of aliphatic hydroxyl groups is 1. The van der Waals surface area contributed by atoms with Crippen molar-refractivity contribution in [3.63, 3.8) is 0 Å². The Morgan fingerprint density at radius 3 is 2.82 bits per heavy atom. The number of hydrogen-bond donors (Lipinski definition) is 3. The van der Waals surface area contributed by atoms with Crippen molar-refractivity contribution in [2.45, 2.75) is 30.9 Å². The minimum Gasteiger partial charge on any atom is -0.392 e. The highest BCUT2D eigenvalue weighted by atomic mass is 16.3. The van der Waals surface area contributed by atoms with Gasteiger partial charge in [-0.05, 0) is 25.8 Å². The van der Waals surface area contributed by atoms with Crippen LogP contribution in [0, 0.1) is 0 Å². The lowest BCUT2D eigenvalue weighted by Crippen LogP contribution is -2.53. The van der Waals surface area contributed by atoms with Crippen LogP contribution in [0.15, 0.2) is 0 Å². The molecule has 11 heavy (non-hydrogen) atoms. The molecule has 0 radical (unpaired) electrons. The Labute approximate surface area is 67.2 Å². The Morgan fingerprint density at radius 2 is 2.27 bits per heavy atom. The molecule has 0 amide bonds. The number of rotatable bonds is 0. The lowest BCUT2D eigenvalue weighted by Gasteiger charge is -2.36. The molecule has 0 aromatic rings. The molecule has 0 aromatic carbocycles. The van der Waals surface area contributed by atoms with E-state index in [2.05, 4.69) is 10.6 Å². The highest BCUT2D eigenvalue weighted by Crippen LogP contribution is 2.24. The van der Waals surface area contributed by atoms with E-state index in [9.17, 15) is 5.11 Å². The van der Waals surface area contributed by atoms with Gasteiger partial charge in [0.15, 0.2) is 0 Å². The van der Waals surface area contributed by atoms with Crippen LogP contribution in [0.1, 0.15) is 19.3 Å². The minimum atomic E-state index is -0.110. The van der Waals surface area contributed by atoms with Crippen LogP contribution in [0.25, 0.3) is 0 Å². The molecule has 2 heterocycles. The van der Waals surface area contributed by atoms with Crippen LogP contribution >= 0.6 is 0 Å². The van der Waals surface area contributed by atoms with Gasteiger partial charge >= 0.3 is 0 Å². The van der Waals surface area contributed by atoms with Crippen molar-refractivity contribution in [3.8, 4) is 0 Å². The highest BCUT2D eigenvalue weighted by Gasteiger charge is 2.36. The molecule has 0 aromatic heterocycles. The molecule has 3 nitrogen and oxygen atoms in total. The van der Waals surface area contributed by atoms with Gasteiger partial charge in [0.2, 0.25) is 0 Å². The molecule has 0 aliphatic carbocycles. The molecular weight excluding hydrogens is 140 g/mol. The van der Waals surface area contributed by atoms with E-state index in [1.54, 1.807) is 0 Å². The van der Waals surface area contributed by atoms with Crippen LogP contribution in [0.5, 0.6) is 0 Å². The summed E-state index contributed by atoms with van der Waals surface area (Å²) in [5, 5.41) is 16.1. The maximum absolute atomic E-state index is 9.27. The van der Waals surface area contributed by atoms with Gasteiger partial charge in [-0.25, -0.2) is 0 Å². The van der Waals surface area contributed by atoms with Gasteiger partial charge in [0.25, 0.3) is 0 Å². The van der Waals surface area contributed by atoms with Crippen LogP contribution in [0.3, 0.4) is 0 Å². The van der Waals surface area contributed by atoms with E-state index in [0.717, 1.165) is 32.5 Å². The van der Waals surface area contributed by atoms with Gasteiger partial charge in [0.1, 0.15) is 0 Å². The van der Waals surface area contributed by atoms with Crippen molar-refractivity contribution in [3.05, 3.63) is 0 Å². The first-order chi connectivity index (χ1) is 5.31. The van der Waals surface area contributed by atoms with Gasteiger partial charge in [-0.15, -0.1) is 0 Å². The zero-order valence-electron chi connectivity index (χ0n) is 6.77. The van der Waals surface area contributed by atoms with E-state index in [0.29, 0.717) is 5.54 Å². The van der Waals surface area contributed by atoms with Gasteiger partial charge in [0.05, 0.1) is 6.10 Å². The molecule has 0 bridgehead atoms. The Hall–Kier alpha value is -0.120. The molecule has 64 valence electrons. The summed E-state index contributed by atoms with van der Waals surface area (Å²) in [6.07, 6.45) is 3.21. The van der Waals surface area contributed by atoms with E-state index >= 15 is 0 Å². The van der Waals surface area contributed by atoms with Crippen LogP contribution < -0.4 is 10.6 Å². The lowest BCUT2D eigenvalue weighted by atomic mass is 9.87. The van der Waals surface area contributed by atoms with E-state index in [-0.39, 0.29) is 6.10 Å². The van der Waals surface area contributed by atoms with Gasteiger partial charge in [0, 0.05) is 18.6 Å². The molecular formula is C8H16N2O. The van der Waals surface area contributed by atoms with Crippen molar-refractivity contribution >= 4 is 0 Å². The van der Waals surface area contributed by atoms with Crippen LogP contribution in [0.2, 0.25) is 0 Å². The fourth-order valence-electron chi connectivity index (χ4n) is 2.08. The second-order valence-electron chi connectivity index (χ2n) is 3.78. The largest absolute Gasteiger partial charge is 0.392 e. The van der Waals surface area contributed by atoms with E-state index < -0.39 is 0 Å². The van der Waals surface area contributed by atoms with Crippen molar-refractivity contribution < 1.29 is 5.11 Å². The first kappa shape index (κ1) is 7.53. The summed E-state index contributed by atoms with van der Waals surface area (Å²) in [4.78, 5) is 0. The van der Waals surface area contributed by atoms with Crippen molar-refractivity contribution in [1.82, 2.24) is 10.6 Å². The zero-order valence-corrected chi connectivity index (χ0v) is 6.77. The summed E-state index contributed by atoms with van der Waals surface area (Å²) in [6, 6.07) is 0. The van der Waals surface area contributed by atoms with Gasteiger partial charge in [-0.1, -0.05) is 0 Å². The lowest BCUT2D eigenvalue weighted by molar-refractivity contribution is 0.0996. The van der Waals surface area contributed by atoms with Gasteiger partial charge in [-0.3, -0.25) is 0 Å². The topological polar surface area (TPSA) is 44.3 Å². The second-order valence-corrected chi connectivity index (χ2v) is 3.78. The summed E-state index contributed by atoms with van der Waals surface area (Å²) in [7, 11) is 0.